The second kappa shape index (κ2) is 12.0. The molecular weight excluding hydrogens is 582 g/mol. The Kier molecular flexibility index (Phi) is 8.77. The van der Waals surface area contributed by atoms with E-state index in [4.69, 9.17) is 18.9 Å². The summed E-state index contributed by atoms with van der Waals surface area (Å²) >= 11 is 2.88. The normalized spacial score (nSPS) is 24.0. The molecule has 0 spiro atoms. The van der Waals surface area contributed by atoms with Crippen LogP contribution < -0.4 is 15.9 Å². The van der Waals surface area contributed by atoms with Crippen molar-refractivity contribution in [2.75, 3.05) is 39.2 Å². The molecule has 2 saturated heterocycles. The van der Waals surface area contributed by atoms with Gasteiger partial charge in [0.05, 0.1) is 0 Å². The van der Waals surface area contributed by atoms with Gasteiger partial charge >= 0.3 is 229 Å². The summed E-state index contributed by atoms with van der Waals surface area (Å²) in [6, 6.07) is 33.5. The minimum atomic E-state index is -2.72. The Labute approximate surface area is 228 Å². The molecule has 2 aliphatic rings. The maximum atomic E-state index is 6.20. The summed E-state index contributed by atoms with van der Waals surface area (Å²) in [4.78, 5) is 0. The van der Waals surface area contributed by atoms with Gasteiger partial charge in [0, 0.05) is 0 Å². The second-order valence-electron chi connectivity index (χ2n) is 9.64. The van der Waals surface area contributed by atoms with E-state index in [1.54, 1.807) is 0 Å². The molecule has 3 aromatic rings. The summed E-state index contributed by atoms with van der Waals surface area (Å²) < 4.78 is 21.2. The fraction of sp³-hybridized carbons (Fsp3) is 0.400. The minimum absolute atomic E-state index is 0.0363. The van der Waals surface area contributed by atoms with Crippen molar-refractivity contribution < 1.29 is 18.9 Å². The molecule has 6 heteroatoms. The van der Waals surface area contributed by atoms with E-state index in [1.807, 2.05) is 0 Å². The molecular formula is C30H36IO4P. The number of rotatable bonds is 9. The molecule has 0 aromatic heterocycles. The summed E-state index contributed by atoms with van der Waals surface area (Å²) in [7, 11) is 0. The van der Waals surface area contributed by atoms with Gasteiger partial charge in [-0.25, -0.2) is 0 Å². The van der Waals surface area contributed by atoms with Crippen LogP contribution in [0.1, 0.15) is 19.3 Å². The molecule has 36 heavy (non-hydrogen) atoms. The monoisotopic (exact) mass is 618 g/mol. The molecule has 3 aromatic carbocycles. The predicted octanol–water partition coefficient (Wildman–Crippen LogP) is 5.24. The van der Waals surface area contributed by atoms with Crippen LogP contribution in [-0.2, 0) is 18.9 Å². The Morgan fingerprint density at radius 2 is 1.17 bits per heavy atom. The third-order valence-electron chi connectivity index (χ3n) is 7.50. The molecule has 3 atom stereocenters. The van der Waals surface area contributed by atoms with Crippen molar-refractivity contribution >= 4 is 42.2 Å². The van der Waals surface area contributed by atoms with Gasteiger partial charge in [-0.2, -0.15) is 0 Å². The average molecular weight is 618 g/mol. The Morgan fingerprint density at radius 1 is 0.639 bits per heavy atom. The summed E-state index contributed by atoms with van der Waals surface area (Å²) in [6.07, 6.45) is 4.21. The van der Waals surface area contributed by atoms with Crippen molar-refractivity contribution in [2.24, 2.45) is 0 Å². The SMILES string of the molecule is IP(CCCCC1OCCOC1C1COCCO1)(c1ccccc1)(c1ccccc1)c1ccccc1. The number of unbranched alkanes of at least 4 members (excludes halogenated alkanes) is 1. The Hall–Kier alpha value is -1.34. The standard InChI is InChI=1S/C30H36IO4P/c31-36(25-12-4-1-5-13-25,26-14-6-2-7-15-26,27-16-8-3-9-17-27)23-11-10-18-28-30(35-22-21-33-28)29-24-32-19-20-34-29/h1-9,12-17,28-30H,10-11,18-24H2. The molecule has 4 nitrogen and oxygen atoms in total. The van der Waals surface area contributed by atoms with Crippen molar-refractivity contribution in [1.82, 2.24) is 0 Å². The molecule has 5 rings (SSSR count). The van der Waals surface area contributed by atoms with Crippen LogP contribution in [0.4, 0.5) is 0 Å². The van der Waals surface area contributed by atoms with E-state index in [1.165, 1.54) is 15.9 Å². The Balaban J connectivity index is 1.40. The van der Waals surface area contributed by atoms with E-state index in [9.17, 15) is 0 Å². The zero-order chi connectivity index (χ0) is 24.7. The zero-order valence-electron chi connectivity index (χ0n) is 20.7. The topological polar surface area (TPSA) is 36.9 Å². The van der Waals surface area contributed by atoms with Crippen molar-refractivity contribution in [3.8, 4) is 0 Å². The van der Waals surface area contributed by atoms with Gasteiger partial charge in [0.15, 0.2) is 0 Å². The first-order valence-corrected chi connectivity index (χ1v) is 18.2. The number of ether oxygens (including phenoxy) is 4. The first-order chi connectivity index (χ1) is 17.7. The van der Waals surface area contributed by atoms with Gasteiger partial charge in [0.2, 0.25) is 0 Å². The van der Waals surface area contributed by atoms with E-state index in [2.05, 4.69) is 113 Å². The van der Waals surface area contributed by atoms with E-state index in [-0.39, 0.29) is 18.3 Å². The molecule has 2 fully saturated rings. The van der Waals surface area contributed by atoms with Crippen LogP contribution >= 0.6 is 26.3 Å². The third kappa shape index (κ3) is 5.29. The van der Waals surface area contributed by atoms with E-state index >= 15 is 0 Å². The van der Waals surface area contributed by atoms with Crippen LogP contribution in [0.5, 0.6) is 0 Å². The maximum absolute atomic E-state index is 6.20. The van der Waals surface area contributed by atoms with Crippen molar-refractivity contribution in [3.63, 3.8) is 0 Å². The Morgan fingerprint density at radius 3 is 1.69 bits per heavy atom. The van der Waals surface area contributed by atoms with Crippen LogP contribution in [-0.4, -0.2) is 57.5 Å². The number of halogens is 1. The van der Waals surface area contributed by atoms with E-state index in [0.29, 0.717) is 33.0 Å². The fourth-order valence-corrected chi connectivity index (χ4v) is 14.5. The first kappa shape index (κ1) is 26.3. The molecule has 0 radical (unpaired) electrons. The first-order valence-electron chi connectivity index (χ1n) is 13.0. The van der Waals surface area contributed by atoms with Crippen LogP contribution in [0.25, 0.3) is 0 Å². The summed E-state index contributed by atoms with van der Waals surface area (Å²) in [5, 5.41) is 4.30. The predicted molar refractivity (Wildman–Crippen MR) is 158 cm³/mol. The summed E-state index contributed by atoms with van der Waals surface area (Å²) in [6.45, 7) is 3.16. The number of hydrogen-bond donors (Lipinski definition) is 0. The summed E-state index contributed by atoms with van der Waals surface area (Å²) in [5.41, 5.74) is 0. The quantitative estimate of drug-likeness (QED) is 0.187. The zero-order valence-corrected chi connectivity index (χ0v) is 23.8. The van der Waals surface area contributed by atoms with Gasteiger partial charge in [-0.3, -0.25) is 0 Å². The van der Waals surface area contributed by atoms with Crippen molar-refractivity contribution in [1.29, 1.82) is 0 Å². The van der Waals surface area contributed by atoms with Crippen LogP contribution in [0, 0.1) is 0 Å². The van der Waals surface area contributed by atoms with Crippen molar-refractivity contribution in [2.45, 2.75) is 37.6 Å². The van der Waals surface area contributed by atoms with Gasteiger partial charge in [-0.05, 0) is 0 Å². The Bertz CT molecular complexity index is 976. The summed E-state index contributed by atoms with van der Waals surface area (Å²) in [5.74, 6) is 0. The fourth-order valence-electron chi connectivity index (χ4n) is 5.68. The molecule has 0 saturated carbocycles. The molecule has 0 N–H and O–H groups in total. The van der Waals surface area contributed by atoms with Crippen LogP contribution in [0.3, 0.4) is 0 Å². The number of hydrogen-bond acceptors (Lipinski definition) is 4. The third-order valence-corrected chi connectivity index (χ3v) is 19.2. The molecule has 2 heterocycles. The van der Waals surface area contributed by atoms with E-state index in [0.717, 1.165) is 25.4 Å². The second-order valence-corrected chi connectivity index (χ2v) is 20.4. The van der Waals surface area contributed by atoms with Gasteiger partial charge in [-0.15, -0.1) is 0 Å². The van der Waals surface area contributed by atoms with Crippen LogP contribution in [0.2, 0.25) is 0 Å². The average Bonchev–Trinajstić information content (AvgIpc) is 2.97. The number of benzene rings is 3. The molecule has 0 amide bonds. The van der Waals surface area contributed by atoms with Gasteiger partial charge in [0.25, 0.3) is 0 Å². The molecule has 3 unspecified atom stereocenters. The molecule has 0 bridgehead atoms. The van der Waals surface area contributed by atoms with Crippen molar-refractivity contribution in [3.05, 3.63) is 91.0 Å². The van der Waals surface area contributed by atoms with Gasteiger partial charge in [-0.1, -0.05) is 0 Å². The molecule has 192 valence electrons. The van der Waals surface area contributed by atoms with Gasteiger partial charge < -0.3 is 0 Å². The van der Waals surface area contributed by atoms with E-state index < -0.39 is 4.25 Å². The molecule has 0 aliphatic carbocycles. The molecule has 2 aliphatic heterocycles. The van der Waals surface area contributed by atoms with Crippen LogP contribution in [0.15, 0.2) is 91.0 Å². The van der Waals surface area contributed by atoms with Gasteiger partial charge in [0.1, 0.15) is 0 Å².